The first-order valence-electron chi connectivity index (χ1n) is 1.03. The molecule has 26 valence electrons. The molecule has 0 aliphatic rings. The first-order chi connectivity index (χ1) is 1.73. The molecule has 1 unspecified atom stereocenters. The second kappa shape index (κ2) is 5.53. The molecular weight excluding hydrogens is 98.1 g/mol. The quantitative estimate of drug-likeness (QED) is 0.293. The SMILES string of the molecule is CC([O-])F.[K+]. The van der Waals surface area contributed by atoms with Gasteiger partial charge in [0.05, 0.1) is 0 Å². The molecule has 0 bridgehead atoms. The van der Waals surface area contributed by atoms with Crippen LogP contribution in [0.1, 0.15) is 6.92 Å². The maximum absolute atomic E-state index is 10.4. The summed E-state index contributed by atoms with van der Waals surface area (Å²) in [4.78, 5) is 0. The van der Waals surface area contributed by atoms with Gasteiger partial charge in [0.25, 0.3) is 0 Å². The number of halogens is 1. The molecule has 0 saturated heterocycles. The Morgan fingerprint density at radius 1 is 1.80 bits per heavy atom. The Labute approximate surface area is 73.0 Å². The summed E-state index contributed by atoms with van der Waals surface area (Å²) in [5.41, 5.74) is 0. The molecule has 0 saturated carbocycles. The normalized spacial score (nSPS) is 12.6. The molecule has 0 amide bonds. The van der Waals surface area contributed by atoms with Crippen LogP contribution in [-0.2, 0) is 0 Å². The van der Waals surface area contributed by atoms with Gasteiger partial charge in [-0.25, -0.2) is 0 Å². The van der Waals surface area contributed by atoms with Crippen molar-refractivity contribution in [3.8, 4) is 0 Å². The van der Waals surface area contributed by atoms with E-state index in [0.717, 1.165) is 6.92 Å². The van der Waals surface area contributed by atoms with Crippen LogP contribution >= 0.6 is 0 Å². The van der Waals surface area contributed by atoms with E-state index < -0.39 is 6.36 Å². The van der Waals surface area contributed by atoms with Crippen molar-refractivity contribution in [3.63, 3.8) is 0 Å². The van der Waals surface area contributed by atoms with E-state index in [0.29, 0.717) is 0 Å². The topological polar surface area (TPSA) is 23.1 Å². The Morgan fingerprint density at radius 2 is 1.80 bits per heavy atom. The van der Waals surface area contributed by atoms with Crippen molar-refractivity contribution in [1.82, 2.24) is 0 Å². The molecule has 0 N–H and O–H groups in total. The zero-order valence-corrected chi connectivity index (χ0v) is 6.49. The van der Waals surface area contributed by atoms with E-state index in [1.54, 1.807) is 0 Å². The Kier molecular flexibility index (Phi) is 10.8. The van der Waals surface area contributed by atoms with Crippen LogP contribution in [0, 0.1) is 0 Å². The molecule has 0 radical (unpaired) electrons. The molecule has 0 aliphatic heterocycles. The molecule has 0 aromatic rings. The van der Waals surface area contributed by atoms with Gasteiger partial charge in [-0.05, 0) is 6.92 Å². The summed E-state index contributed by atoms with van der Waals surface area (Å²) >= 11 is 0. The van der Waals surface area contributed by atoms with E-state index in [9.17, 15) is 4.39 Å². The standard InChI is InChI=1S/C2H4FO.K/c1-2(3)4;/h2H,1H3;/q-1;+1. The first-order valence-corrected chi connectivity index (χ1v) is 1.03. The van der Waals surface area contributed by atoms with E-state index in [-0.39, 0.29) is 51.4 Å². The van der Waals surface area contributed by atoms with Gasteiger partial charge in [-0.1, -0.05) is 0 Å². The Hall–Kier alpha value is 1.53. The summed E-state index contributed by atoms with van der Waals surface area (Å²) in [5, 5.41) is 8.86. The van der Waals surface area contributed by atoms with Crippen molar-refractivity contribution < 1.29 is 60.9 Å². The van der Waals surface area contributed by atoms with Crippen molar-refractivity contribution in [2.75, 3.05) is 0 Å². The average Bonchev–Trinajstić information content (AvgIpc) is 0.811. The molecule has 0 rings (SSSR count). The predicted octanol–water partition coefficient (Wildman–Crippen LogP) is -3.33. The third-order valence-corrected chi connectivity index (χ3v) is 0. The minimum Gasteiger partial charge on any atom is -0.827 e. The van der Waals surface area contributed by atoms with Crippen LogP contribution in [0.2, 0.25) is 0 Å². The molecule has 0 spiro atoms. The zero-order valence-electron chi connectivity index (χ0n) is 3.36. The Bertz CT molecular complexity index is 14.4. The number of hydrogen-bond acceptors (Lipinski definition) is 1. The Morgan fingerprint density at radius 3 is 1.80 bits per heavy atom. The van der Waals surface area contributed by atoms with Gasteiger partial charge in [-0.15, -0.1) is 0 Å². The predicted molar refractivity (Wildman–Crippen MR) is 10.6 cm³/mol. The second-order valence-corrected chi connectivity index (χ2v) is 0.543. The molecule has 1 nitrogen and oxygen atoms in total. The van der Waals surface area contributed by atoms with Crippen LogP contribution in [-0.4, -0.2) is 6.36 Å². The zero-order chi connectivity index (χ0) is 3.58. The van der Waals surface area contributed by atoms with Crippen molar-refractivity contribution in [2.45, 2.75) is 13.3 Å². The maximum atomic E-state index is 10.4. The van der Waals surface area contributed by atoms with E-state index in [1.165, 1.54) is 0 Å². The van der Waals surface area contributed by atoms with Gasteiger partial charge in [-0.3, -0.25) is 4.39 Å². The maximum Gasteiger partial charge on any atom is 1.00 e. The van der Waals surface area contributed by atoms with Gasteiger partial charge in [0, 0.05) is 6.36 Å². The van der Waals surface area contributed by atoms with E-state index >= 15 is 0 Å². The third-order valence-electron chi connectivity index (χ3n) is 0. The van der Waals surface area contributed by atoms with Crippen LogP contribution in [0.5, 0.6) is 0 Å². The molecule has 5 heavy (non-hydrogen) atoms. The van der Waals surface area contributed by atoms with Crippen molar-refractivity contribution in [3.05, 3.63) is 0 Å². The summed E-state index contributed by atoms with van der Waals surface area (Å²) in [7, 11) is 0. The number of hydrogen-bond donors (Lipinski definition) is 0. The van der Waals surface area contributed by atoms with E-state index in [1.807, 2.05) is 0 Å². The van der Waals surface area contributed by atoms with Crippen molar-refractivity contribution in [1.29, 1.82) is 0 Å². The summed E-state index contributed by atoms with van der Waals surface area (Å²) in [6, 6.07) is 0. The first kappa shape index (κ1) is 9.73. The van der Waals surface area contributed by atoms with Gasteiger partial charge < -0.3 is 5.11 Å². The monoisotopic (exact) mass is 102 g/mol. The summed E-state index contributed by atoms with van der Waals surface area (Å²) < 4.78 is 10.4. The van der Waals surface area contributed by atoms with Gasteiger partial charge in [-0.2, -0.15) is 0 Å². The molecule has 0 aromatic heterocycles. The molecule has 0 fully saturated rings. The molecule has 0 aromatic carbocycles. The van der Waals surface area contributed by atoms with Crippen LogP contribution in [0.15, 0.2) is 0 Å². The fraction of sp³-hybridized carbons (Fsp3) is 1.00. The fourth-order valence-corrected chi connectivity index (χ4v) is 0. The van der Waals surface area contributed by atoms with Gasteiger partial charge >= 0.3 is 51.4 Å². The largest absolute Gasteiger partial charge is 1.00 e. The Balaban J connectivity index is 0. The summed E-state index contributed by atoms with van der Waals surface area (Å²) in [6.07, 6.45) is -1.92. The molecular formula is C2H4FKO. The second-order valence-electron chi connectivity index (χ2n) is 0.543. The van der Waals surface area contributed by atoms with Crippen molar-refractivity contribution >= 4 is 0 Å². The number of alkyl halides is 1. The molecule has 0 aliphatic carbocycles. The number of rotatable bonds is 0. The van der Waals surface area contributed by atoms with Gasteiger partial charge in [0.1, 0.15) is 0 Å². The van der Waals surface area contributed by atoms with E-state index in [4.69, 9.17) is 5.11 Å². The van der Waals surface area contributed by atoms with E-state index in [2.05, 4.69) is 0 Å². The molecule has 0 heterocycles. The molecule has 1 atom stereocenters. The smallest absolute Gasteiger partial charge is 0.827 e. The third kappa shape index (κ3) is 29.5. The summed E-state index contributed by atoms with van der Waals surface area (Å²) in [5.74, 6) is 0. The van der Waals surface area contributed by atoms with Crippen LogP contribution in [0.25, 0.3) is 0 Å². The van der Waals surface area contributed by atoms with Crippen molar-refractivity contribution in [2.24, 2.45) is 0 Å². The van der Waals surface area contributed by atoms with Crippen LogP contribution in [0.3, 0.4) is 0 Å². The average molecular weight is 102 g/mol. The van der Waals surface area contributed by atoms with Gasteiger partial charge in [0.15, 0.2) is 0 Å². The van der Waals surface area contributed by atoms with Crippen LogP contribution < -0.4 is 56.5 Å². The minimum absolute atomic E-state index is 0. The molecule has 3 heteroatoms. The van der Waals surface area contributed by atoms with Gasteiger partial charge in [0.2, 0.25) is 0 Å². The minimum atomic E-state index is -1.92. The van der Waals surface area contributed by atoms with Crippen LogP contribution in [0.4, 0.5) is 4.39 Å². The fourth-order valence-electron chi connectivity index (χ4n) is 0. The summed E-state index contributed by atoms with van der Waals surface area (Å²) in [6.45, 7) is 0.944.